The van der Waals surface area contributed by atoms with Gasteiger partial charge in [-0.3, -0.25) is 4.79 Å². The normalized spacial score (nSPS) is 11.5. The van der Waals surface area contributed by atoms with Gasteiger partial charge in [0.15, 0.2) is 0 Å². The van der Waals surface area contributed by atoms with Crippen molar-refractivity contribution in [1.29, 1.82) is 0 Å². The predicted molar refractivity (Wildman–Crippen MR) is 133 cm³/mol. The van der Waals surface area contributed by atoms with E-state index in [-0.39, 0.29) is 5.91 Å². The lowest BCUT2D eigenvalue weighted by atomic mass is 9.99. The summed E-state index contributed by atoms with van der Waals surface area (Å²) in [5, 5.41) is 4.55. The van der Waals surface area contributed by atoms with Gasteiger partial charge in [0.05, 0.1) is 31.2 Å². The molecule has 0 bridgehead atoms. The van der Waals surface area contributed by atoms with Crippen LogP contribution in [0.5, 0.6) is 11.5 Å². The van der Waals surface area contributed by atoms with E-state index >= 15 is 0 Å². The lowest BCUT2D eigenvalue weighted by molar-refractivity contribution is -0.111. The van der Waals surface area contributed by atoms with E-state index in [9.17, 15) is 4.79 Å². The fourth-order valence-electron chi connectivity index (χ4n) is 3.56. The first-order valence-corrected chi connectivity index (χ1v) is 10.8. The van der Waals surface area contributed by atoms with Crippen LogP contribution >= 0.6 is 23.2 Å². The van der Waals surface area contributed by atoms with Gasteiger partial charge < -0.3 is 19.2 Å². The van der Waals surface area contributed by atoms with Crippen molar-refractivity contribution in [3.8, 4) is 22.6 Å². The van der Waals surface area contributed by atoms with Gasteiger partial charge in [0.1, 0.15) is 17.1 Å². The van der Waals surface area contributed by atoms with Gasteiger partial charge in [-0.1, -0.05) is 35.3 Å². The molecule has 0 fully saturated rings. The molecule has 4 aromatic rings. The lowest BCUT2D eigenvalue weighted by Gasteiger charge is -2.11. The van der Waals surface area contributed by atoms with E-state index in [1.165, 1.54) is 6.08 Å². The average Bonchev–Trinajstić information content (AvgIpc) is 3.23. The number of methoxy groups -OCH3 is 2. The van der Waals surface area contributed by atoms with Gasteiger partial charge in [-0.25, -0.2) is 0 Å². The fraction of sp³-hybridized carbons (Fsp3) is 0.115. The SMILES string of the molecule is COc1ccc(-c2coc3cc(OC)c(/C(C)=C/C(=O)Nc4cc(Cl)ccc4Cl)cc23)cc1. The maximum atomic E-state index is 12.7. The summed E-state index contributed by atoms with van der Waals surface area (Å²) in [7, 11) is 3.21. The Hall–Kier alpha value is -3.41. The van der Waals surface area contributed by atoms with E-state index < -0.39 is 0 Å². The Labute approximate surface area is 201 Å². The minimum absolute atomic E-state index is 0.332. The first-order chi connectivity index (χ1) is 15.9. The molecule has 5 nitrogen and oxygen atoms in total. The molecule has 1 aromatic heterocycles. The molecule has 0 radical (unpaired) electrons. The van der Waals surface area contributed by atoms with E-state index in [1.54, 1.807) is 38.7 Å². The molecule has 4 rings (SSSR count). The third-order valence-corrected chi connectivity index (χ3v) is 5.82. The number of nitrogens with one attached hydrogen (secondary N) is 1. The molecule has 0 aliphatic rings. The molecule has 3 aromatic carbocycles. The number of carbonyl (C=O) groups excluding carboxylic acids is 1. The molecule has 0 saturated heterocycles. The molecule has 0 atom stereocenters. The van der Waals surface area contributed by atoms with Crippen molar-refractivity contribution in [1.82, 2.24) is 0 Å². The molecular formula is C26H21Cl2NO4. The van der Waals surface area contributed by atoms with Crippen molar-refractivity contribution in [2.75, 3.05) is 19.5 Å². The lowest BCUT2D eigenvalue weighted by Crippen LogP contribution is -2.09. The van der Waals surface area contributed by atoms with Crippen LogP contribution in [0.1, 0.15) is 12.5 Å². The van der Waals surface area contributed by atoms with Crippen molar-refractivity contribution in [3.63, 3.8) is 0 Å². The second-order valence-corrected chi connectivity index (χ2v) is 8.21. The quantitative estimate of drug-likeness (QED) is 0.290. The van der Waals surface area contributed by atoms with Crippen molar-refractivity contribution in [2.45, 2.75) is 6.92 Å². The molecule has 33 heavy (non-hydrogen) atoms. The summed E-state index contributed by atoms with van der Waals surface area (Å²) in [5.74, 6) is 1.04. The van der Waals surface area contributed by atoms with E-state index in [0.717, 1.165) is 27.8 Å². The largest absolute Gasteiger partial charge is 0.497 e. The molecule has 0 unspecified atom stereocenters. The van der Waals surface area contributed by atoms with Gasteiger partial charge in [-0.2, -0.15) is 0 Å². The number of fused-ring (bicyclic) bond motifs is 1. The van der Waals surface area contributed by atoms with Crippen molar-refractivity contribution in [3.05, 3.63) is 82.5 Å². The Morgan fingerprint density at radius 1 is 1.00 bits per heavy atom. The zero-order chi connectivity index (χ0) is 23.5. The first-order valence-electron chi connectivity index (χ1n) is 10.1. The highest BCUT2D eigenvalue weighted by molar-refractivity contribution is 6.35. The highest BCUT2D eigenvalue weighted by Crippen LogP contribution is 2.38. The van der Waals surface area contributed by atoms with Crippen LogP contribution in [0.4, 0.5) is 5.69 Å². The number of anilines is 1. The van der Waals surface area contributed by atoms with Crippen LogP contribution in [-0.2, 0) is 4.79 Å². The average molecular weight is 482 g/mol. The Balaban J connectivity index is 1.70. The van der Waals surface area contributed by atoms with E-state index in [1.807, 2.05) is 43.3 Å². The zero-order valence-electron chi connectivity index (χ0n) is 18.2. The molecule has 0 spiro atoms. The number of rotatable bonds is 6. The number of hydrogen-bond acceptors (Lipinski definition) is 4. The summed E-state index contributed by atoms with van der Waals surface area (Å²) in [5.41, 5.74) is 4.53. The molecule has 1 amide bonds. The van der Waals surface area contributed by atoms with Crippen LogP contribution in [0, 0.1) is 0 Å². The summed E-state index contributed by atoms with van der Waals surface area (Å²) in [6.07, 6.45) is 3.21. The summed E-state index contributed by atoms with van der Waals surface area (Å²) < 4.78 is 16.6. The number of halogens is 2. The third kappa shape index (κ3) is 4.85. The highest BCUT2D eigenvalue weighted by Gasteiger charge is 2.15. The Bertz CT molecular complexity index is 1360. The molecule has 0 aliphatic carbocycles. The smallest absolute Gasteiger partial charge is 0.248 e. The number of hydrogen-bond donors (Lipinski definition) is 1. The van der Waals surface area contributed by atoms with Crippen LogP contribution in [-0.4, -0.2) is 20.1 Å². The summed E-state index contributed by atoms with van der Waals surface area (Å²) in [6.45, 7) is 1.84. The Morgan fingerprint density at radius 2 is 1.76 bits per heavy atom. The van der Waals surface area contributed by atoms with Crippen LogP contribution in [0.2, 0.25) is 10.0 Å². The van der Waals surface area contributed by atoms with Crippen LogP contribution in [0.15, 0.2) is 71.4 Å². The number of ether oxygens (including phenoxy) is 2. The molecule has 7 heteroatoms. The fourth-order valence-corrected chi connectivity index (χ4v) is 3.90. The summed E-state index contributed by atoms with van der Waals surface area (Å²) in [4.78, 5) is 12.7. The molecule has 0 aliphatic heterocycles. The topological polar surface area (TPSA) is 60.7 Å². The van der Waals surface area contributed by atoms with Crippen LogP contribution < -0.4 is 14.8 Å². The zero-order valence-corrected chi connectivity index (χ0v) is 19.8. The molecule has 0 saturated carbocycles. The van der Waals surface area contributed by atoms with E-state index in [4.69, 9.17) is 37.1 Å². The van der Waals surface area contributed by atoms with E-state index in [2.05, 4.69) is 5.32 Å². The number of allylic oxidation sites excluding steroid dienone is 1. The number of benzene rings is 3. The van der Waals surface area contributed by atoms with Gasteiger partial charge in [-0.05, 0) is 54.5 Å². The molecule has 1 N–H and O–H groups in total. The van der Waals surface area contributed by atoms with Crippen LogP contribution in [0.25, 0.3) is 27.7 Å². The standard InChI is InChI=1S/C26H21Cl2NO4/c1-15(10-26(30)29-23-11-17(27)6-9-22(23)28)19-12-20-21(14-33-25(20)13-24(19)32-3)16-4-7-18(31-2)8-5-16/h4-14H,1-3H3,(H,29,30)/b15-10+. The first kappa shape index (κ1) is 22.8. The minimum atomic E-state index is -0.332. The van der Waals surface area contributed by atoms with Crippen molar-refractivity contribution in [2.24, 2.45) is 0 Å². The predicted octanol–water partition coefficient (Wildman–Crippen LogP) is 7.47. The van der Waals surface area contributed by atoms with Gasteiger partial charge >= 0.3 is 0 Å². The summed E-state index contributed by atoms with van der Waals surface area (Å²) >= 11 is 12.2. The van der Waals surface area contributed by atoms with Gasteiger partial charge in [0.25, 0.3) is 0 Å². The minimum Gasteiger partial charge on any atom is -0.497 e. The molecule has 1 heterocycles. The van der Waals surface area contributed by atoms with Crippen LogP contribution in [0.3, 0.4) is 0 Å². The van der Waals surface area contributed by atoms with E-state index in [0.29, 0.717) is 32.6 Å². The van der Waals surface area contributed by atoms with Crippen molar-refractivity contribution < 1.29 is 18.7 Å². The number of carbonyl (C=O) groups is 1. The second-order valence-electron chi connectivity index (χ2n) is 7.37. The van der Waals surface area contributed by atoms with Gasteiger partial charge in [0, 0.05) is 33.7 Å². The van der Waals surface area contributed by atoms with Crippen molar-refractivity contribution >= 4 is 51.3 Å². The highest BCUT2D eigenvalue weighted by atomic mass is 35.5. The number of furan rings is 1. The molecular weight excluding hydrogens is 461 g/mol. The molecule has 168 valence electrons. The number of amides is 1. The maximum Gasteiger partial charge on any atom is 0.248 e. The third-order valence-electron chi connectivity index (χ3n) is 5.26. The summed E-state index contributed by atoms with van der Waals surface area (Å²) in [6, 6.07) is 16.4. The Morgan fingerprint density at radius 3 is 2.45 bits per heavy atom. The Kier molecular flexibility index (Phi) is 6.63. The second kappa shape index (κ2) is 9.61. The van der Waals surface area contributed by atoms with Gasteiger partial charge in [0.2, 0.25) is 5.91 Å². The maximum absolute atomic E-state index is 12.7. The monoisotopic (exact) mass is 481 g/mol. The van der Waals surface area contributed by atoms with Gasteiger partial charge in [-0.15, -0.1) is 0 Å².